The zero-order chi connectivity index (χ0) is 25.3. The van der Waals surface area contributed by atoms with Crippen molar-refractivity contribution in [1.29, 1.82) is 0 Å². The number of carbonyl (C=O) groups is 2. The first-order valence-electron chi connectivity index (χ1n) is 10.8. The molecule has 1 aliphatic heterocycles. The van der Waals surface area contributed by atoms with Crippen LogP contribution in [0.5, 0.6) is 0 Å². The number of nitrogens with zero attached hydrogens (tertiary/aromatic N) is 4. The number of alkyl halides is 3. The van der Waals surface area contributed by atoms with Gasteiger partial charge in [-0.1, -0.05) is 89.4 Å². The molecule has 1 atom stereocenters. The lowest BCUT2D eigenvalue weighted by atomic mass is 10.1. The summed E-state index contributed by atoms with van der Waals surface area (Å²) in [4.78, 5) is 34.9. The number of urea groups is 1. The molecule has 1 heterocycles. The van der Waals surface area contributed by atoms with E-state index in [2.05, 4.69) is 4.99 Å². The van der Waals surface area contributed by atoms with Gasteiger partial charge < -0.3 is 4.90 Å². The number of anilines is 3. The summed E-state index contributed by atoms with van der Waals surface area (Å²) in [5, 5.41) is 0. The van der Waals surface area contributed by atoms with E-state index in [9.17, 15) is 9.59 Å². The summed E-state index contributed by atoms with van der Waals surface area (Å²) < 4.78 is -1.97. The Morgan fingerprint density at radius 3 is 1.77 bits per heavy atom. The second-order valence-electron chi connectivity index (χ2n) is 8.13. The predicted octanol–water partition coefficient (Wildman–Crippen LogP) is 6.63. The topological polar surface area (TPSA) is 56.2 Å². The van der Waals surface area contributed by atoms with Gasteiger partial charge in [0.15, 0.2) is 6.17 Å². The summed E-state index contributed by atoms with van der Waals surface area (Å²) in [7, 11) is 1.40. The fraction of sp³-hybridized carbons (Fsp3) is 0.192. The van der Waals surface area contributed by atoms with Crippen LogP contribution in [-0.2, 0) is 4.79 Å². The van der Waals surface area contributed by atoms with Crippen LogP contribution in [0.2, 0.25) is 0 Å². The van der Waals surface area contributed by atoms with E-state index >= 15 is 0 Å². The number of amides is 3. The van der Waals surface area contributed by atoms with Gasteiger partial charge in [0.05, 0.1) is 5.69 Å². The van der Waals surface area contributed by atoms with Crippen molar-refractivity contribution in [3.05, 3.63) is 90.0 Å². The van der Waals surface area contributed by atoms with Gasteiger partial charge in [-0.3, -0.25) is 9.69 Å². The maximum absolute atomic E-state index is 13.2. The van der Waals surface area contributed by atoms with E-state index in [0.717, 1.165) is 27.4 Å². The molecule has 1 saturated heterocycles. The monoisotopic (exact) mass is 528 g/mol. The minimum atomic E-state index is -1.97. The van der Waals surface area contributed by atoms with Crippen LogP contribution in [0.15, 0.2) is 83.9 Å². The Labute approximate surface area is 219 Å². The highest BCUT2D eigenvalue weighted by atomic mass is 35.6. The number of carbonyl (C=O) groups excluding carboxylic acids is 2. The molecular formula is C26H23Cl3N4O2. The zero-order valence-corrected chi connectivity index (χ0v) is 21.6. The third-order valence-electron chi connectivity index (χ3n) is 5.73. The molecule has 180 valence electrons. The standard InChI is InChI=1S/C26H23Cl3N4O2/c1-17-11-7-9-15-20(17)33(21-16-10-8-12-18(21)2)24(26(27,28)29)30-22-23(34)31(3)25(35)32(22)19-13-5-4-6-14-19/h4-16,24H,1-3H3/b30-22+. The van der Waals surface area contributed by atoms with Crippen molar-refractivity contribution in [2.24, 2.45) is 4.99 Å². The van der Waals surface area contributed by atoms with Crippen LogP contribution < -0.4 is 9.80 Å². The molecule has 3 amide bonds. The van der Waals surface area contributed by atoms with Crippen molar-refractivity contribution in [1.82, 2.24) is 4.90 Å². The first kappa shape index (κ1) is 25.0. The summed E-state index contributed by atoms with van der Waals surface area (Å²) in [5.74, 6) is -0.722. The van der Waals surface area contributed by atoms with Crippen LogP contribution in [-0.4, -0.2) is 39.7 Å². The van der Waals surface area contributed by atoms with Crippen LogP contribution in [0.4, 0.5) is 21.9 Å². The van der Waals surface area contributed by atoms with Crippen molar-refractivity contribution >= 4 is 69.6 Å². The number of likely N-dealkylation sites (N-methyl/N-ethyl adjacent to an activating group) is 1. The first-order valence-corrected chi connectivity index (χ1v) is 12.0. The number of aryl methyl sites for hydroxylation is 2. The maximum atomic E-state index is 13.2. The summed E-state index contributed by atoms with van der Waals surface area (Å²) in [6, 6.07) is 23.5. The molecule has 0 saturated carbocycles. The molecule has 1 unspecified atom stereocenters. The van der Waals surface area contributed by atoms with Gasteiger partial charge in [-0.2, -0.15) is 0 Å². The molecule has 1 fully saturated rings. The van der Waals surface area contributed by atoms with E-state index < -0.39 is 21.9 Å². The summed E-state index contributed by atoms with van der Waals surface area (Å²) in [6.45, 7) is 3.88. The predicted molar refractivity (Wildman–Crippen MR) is 143 cm³/mol. The maximum Gasteiger partial charge on any atom is 0.337 e. The van der Waals surface area contributed by atoms with Gasteiger partial charge in [0.2, 0.25) is 9.63 Å². The van der Waals surface area contributed by atoms with Gasteiger partial charge in [0, 0.05) is 18.4 Å². The molecule has 35 heavy (non-hydrogen) atoms. The lowest BCUT2D eigenvalue weighted by molar-refractivity contribution is -0.119. The van der Waals surface area contributed by atoms with E-state index in [0.29, 0.717) is 5.69 Å². The SMILES string of the molecule is Cc1ccccc1N(c1ccccc1C)C(/N=C1\C(=O)N(C)C(=O)N1c1ccccc1)C(Cl)(Cl)Cl. The van der Waals surface area contributed by atoms with Crippen molar-refractivity contribution in [2.45, 2.75) is 23.8 Å². The Morgan fingerprint density at radius 1 is 0.800 bits per heavy atom. The molecule has 0 bridgehead atoms. The molecule has 0 spiro atoms. The smallest absolute Gasteiger partial charge is 0.314 e. The van der Waals surface area contributed by atoms with E-state index in [1.807, 2.05) is 68.4 Å². The van der Waals surface area contributed by atoms with Gasteiger partial charge in [-0.15, -0.1) is 0 Å². The highest BCUT2D eigenvalue weighted by Gasteiger charge is 2.46. The fourth-order valence-electron chi connectivity index (χ4n) is 3.95. The van der Waals surface area contributed by atoms with E-state index in [1.165, 1.54) is 11.9 Å². The Hall–Kier alpha value is -3.06. The average molecular weight is 530 g/mol. The van der Waals surface area contributed by atoms with Gasteiger partial charge in [0.25, 0.3) is 5.91 Å². The molecule has 0 aromatic heterocycles. The summed E-state index contributed by atoms with van der Waals surface area (Å²) >= 11 is 19.6. The molecule has 9 heteroatoms. The average Bonchev–Trinajstić information content (AvgIpc) is 3.04. The van der Waals surface area contributed by atoms with Gasteiger partial charge in [-0.05, 0) is 49.2 Å². The summed E-state index contributed by atoms with van der Waals surface area (Å²) in [5.41, 5.74) is 3.81. The van der Waals surface area contributed by atoms with Crippen LogP contribution in [0.25, 0.3) is 0 Å². The van der Waals surface area contributed by atoms with Gasteiger partial charge in [-0.25, -0.2) is 14.7 Å². The number of imide groups is 1. The molecule has 0 radical (unpaired) electrons. The van der Waals surface area contributed by atoms with E-state index in [-0.39, 0.29) is 5.84 Å². The number of rotatable bonds is 5. The second kappa shape index (κ2) is 9.90. The first-order chi connectivity index (χ1) is 16.6. The van der Waals surface area contributed by atoms with E-state index in [4.69, 9.17) is 34.8 Å². The number of amidine groups is 1. The molecule has 1 aliphatic rings. The highest BCUT2D eigenvalue weighted by Crippen LogP contribution is 2.43. The van der Waals surface area contributed by atoms with Crippen LogP contribution in [0.3, 0.4) is 0 Å². The molecule has 0 N–H and O–H groups in total. The fourth-order valence-corrected chi connectivity index (χ4v) is 4.39. The highest BCUT2D eigenvalue weighted by molar-refractivity contribution is 6.68. The van der Waals surface area contributed by atoms with Gasteiger partial charge >= 0.3 is 6.03 Å². The molecule has 3 aromatic rings. The Kier molecular flexibility index (Phi) is 7.08. The lowest BCUT2D eigenvalue weighted by Crippen LogP contribution is -2.43. The number of aliphatic imine (C=N–C) groups is 1. The van der Waals surface area contributed by atoms with Gasteiger partial charge in [0.1, 0.15) is 0 Å². The van der Waals surface area contributed by atoms with Crippen LogP contribution in [0, 0.1) is 13.8 Å². The molecule has 4 rings (SSSR count). The molecule has 0 aliphatic carbocycles. The van der Waals surface area contributed by atoms with Crippen molar-refractivity contribution in [2.75, 3.05) is 16.8 Å². The summed E-state index contributed by atoms with van der Waals surface area (Å²) in [6.07, 6.45) is -1.18. The quantitative estimate of drug-likeness (QED) is 0.275. The number of benzene rings is 3. The number of hydrogen-bond donors (Lipinski definition) is 0. The largest absolute Gasteiger partial charge is 0.337 e. The van der Waals surface area contributed by atoms with E-state index in [1.54, 1.807) is 29.2 Å². The number of hydrogen-bond acceptors (Lipinski definition) is 4. The van der Waals surface area contributed by atoms with Crippen molar-refractivity contribution in [3.8, 4) is 0 Å². The van der Waals surface area contributed by atoms with Crippen molar-refractivity contribution in [3.63, 3.8) is 0 Å². The normalized spacial score (nSPS) is 16.2. The molecule has 3 aromatic carbocycles. The molecular weight excluding hydrogens is 507 g/mol. The number of para-hydroxylation sites is 3. The third-order valence-corrected chi connectivity index (χ3v) is 6.32. The Morgan fingerprint density at radius 2 is 1.29 bits per heavy atom. The van der Waals surface area contributed by atoms with Crippen molar-refractivity contribution < 1.29 is 9.59 Å². The Bertz CT molecular complexity index is 1250. The zero-order valence-electron chi connectivity index (χ0n) is 19.3. The minimum absolute atomic E-state index is 0.132. The van der Waals surface area contributed by atoms with Crippen LogP contribution >= 0.6 is 34.8 Å². The van der Waals surface area contributed by atoms with Crippen LogP contribution in [0.1, 0.15) is 11.1 Å². The second-order valence-corrected chi connectivity index (χ2v) is 10.5. The third kappa shape index (κ3) is 4.87. The Balaban J connectivity index is 1.97. The lowest BCUT2D eigenvalue weighted by Gasteiger charge is -2.37. The minimum Gasteiger partial charge on any atom is -0.314 e. The number of halogens is 3. The molecule has 6 nitrogen and oxygen atoms in total.